The number of carbonyl (C=O) groups is 2. The van der Waals surface area contributed by atoms with Gasteiger partial charge in [-0.2, -0.15) is 0 Å². The summed E-state index contributed by atoms with van der Waals surface area (Å²) in [6.07, 6.45) is 1.26. The largest absolute Gasteiger partial charge is 0.457 e. The van der Waals surface area contributed by atoms with Gasteiger partial charge < -0.3 is 15.0 Å². The van der Waals surface area contributed by atoms with E-state index < -0.39 is 28.5 Å². The maximum Gasteiger partial charge on any atom is 0.244 e. The van der Waals surface area contributed by atoms with E-state index in [4.69, 9.17) is 16.3 Å². The van der Waals surface area contributed by atoms with Crippen LogP contribution in [0, 0.1) is 0 Å². The molecule has 0 saturated carbocycles. The highest BCUT2D eigenvalue weighted by Gasteiger charge is 2.33. The fraction of sp³-hybridized carbons (Fsp3) is 0.235. The Labute approximate surface area is 264 Å². The molecule has 0 radical (unpaired) electrons. The molecule has 0 fully saturated rings. The number of hydrogen-bond acceptors (Lipinski definition) is 5. The fourth-order valence-electron chi connectivity index (χ4n) is 4.66. The van der Waals surface area contributed by atoms with Crippen LogP contribution in [0.4, 0.5) is 5.69 Å². The minimum Gasteiger partial charge on any atom is -0.457 e. The minimum absolute atomic E-state index is 0.00295. The quantitative estimate of drug-likeness (QED) is 0.193. The SMILES string of the molecule is CC(C)NC(=O)[C@@H](Cc1ccccc1)N(Cc1ccccc1Cl)C(=O)CN(c1ccc(Oc2ccccc2)cc1)S(C)(=O)=O. The Bertz CT molecular complexity index is 1650. The van der Waals surface area contributed by atoms with Crippen LogP contribution in [-0.2, 0) is 32.6 Å². The van der Waals surface area contributed by atoms with Crippen LogP contribution in [0.5, 0.6) is 11.5 Å². The second kappa shape index (κ2) is 14.9. The first-order valence-electron chi connectivity index (χ1n) is 14.2. The molecule has 4 aromatic carbocycles. The zero-order chi connectivity index (χ0) is 31.7. The molecule has 2 amide bonds. The molecule has 4 aromatic rings. The van der Waals surface area contributed by atoms with Crippen LogP contribution in [0.15, 0.2) is 109 Å². The Kier molecular flexibility index (Phi) is 11.0. The molecular weight excluding hydrogens is 598 g/mol. The van der Waals surface area contributed by atoms with Gasteiger partial charge in [0.15, 0.2) is 0 Å². The van der Waals surface area contributed by atoms with E-state index in [0.717, 1.165) is 16.1 Å². The second-order valence-corrected chi connectivity index (χ2v) is 13.0. The van der Waals surface area contributed by atoms with E-state index in [1.165, 1.54) is 4.90 Å². The molecule has 0 aliphatic carbocycles. The van der Waals surface area contributed by atoms with E-state index in [0.29, 0.717) is 22.1 Å². The van der Waals surface area contributed by atoms with Gasteiger partial charge in [-0.25, -0.2) is 8.42 Å². The second-order valence-electron chi connectivity index (χ2n) is 10.7. The summed E-state index contributed by atoms with van der Waals surface area (Å²) in [4.78, 5) is 29.2. The highest BCUT2D eigenvalue weighted by atomic mass is 35.5. The van der Waals surface area contributed by atoms with Gasteiger partial charge in [-0.1, -0.05) is 78.3 Å². The molecule has 4 rings (SSSR count). The molecule has 0 unspecified atom stereocenters. The molecule has 0 saturated heterocycles. The molecule has 8 nitrogen and oxygen atoms in total. The number of nitrogens with zero attached hydrogens (tertiary/aromatic N) is 2. The number of rotatable bonds is 13. The maximum atomic E-state index is 14.2. The first kappa shape index (κ1) is 32.6. The van der Waals surface area contributed by atoms with Crippen LogP contribution in [0.1, 0.15) is 25.0 Å². The van der Waals surface area contributed by atoms with Gasteiger partial charge in [0, 0.05) is 24.0 Å². The van der Waals surface area contributed by atoms with Crippen molar-refractivity contribution in [3.8, 4) is 11.5 Å². The summed E-state index contributed by atoms with van der Waals surface area (Å²) in [5, 5.41) is 3.36. The van der Waals surface area contributed by atoms with Crippen molar-refractivity contribution in [2.75, 3.05) is 17.1 Å². The lowest BCUT2D eigenvalue weighted by Gasteiger charge is -2.34. The third-order valence-electron chi connectivity index (χ3n) is 6.78. The monoisotopic (exact) mass is 633 g/mol. The van der Waals surface area contributed by atoms with Crippen LogP contribution < -0.4 is 14.4 Å². The van der Waals surface area contributed by atoms with Crippen LogP contribution in [0.3, 0.4) is 0 Å². The van der Waals surface area contributed by atoms with E-state index in [1.54, 1.807) is 48.5 Å². The van der Waals surface area contributed by atoms with Crippen molar-refractivity contribution in [2.24, 2.45) is 0 Å². The number of ether oxygens (including phenoxy) is 1. The molecule has 1 N–H and O–H groups in total. The average Bonchev–Trinajstić information content (AvgIpc) is 2.99. The van der Waals surface area contributed by atoms with Crippen molar-refractivity contribution in [2.45, 2.75) is 38.9 Å². The summed E-state index contributed by atoms with van der Waals surface area (Å²) < 4.78 is 33.0. The summed E-state index contributed by atoms with van der Waals surface area (Å²) in [5.41, 5.74) is 1.76. The smallest absolute Gasteiger partial charge is 0.244 e. The summed E-state index contributed by atoms with van der Waals surface area (Å²) in [5.74, 6) is 0.237. The normalized spacial score (nSPS) is 11.9. The summed E-state index contributed by atoms with van der Waals surface area (Å²) in [6, 6.07) is 31.0. The highest BCUT2D eigenvalue weighted by Crippen LogP contribution is 2.27. The number of para-hydroxylation sites is 1. The third-order valence-corrected chi connectivity index (χ3v) is 8.29. The minimum atomic E-state index is -3.90. The van der Waals surface area contributed by atoms with Gasteiger partial charge in [-0.05, 0) is 67.4 Å². The summed E-state index contributed by atoms with van der Waals surface area (Å²) in [6.45, 7) is 3.16. The van der Waals surface area contributed by atoms with Crippen molar-refractivity contribution in [1.82, 2.24) is 10.2 Å². The molecular formula is C34H36ClN3O5S. The van der Waals surface area contributed by atoms with E-state index in [1.807, 2.05) is 74.5 Å². The number of sulfonamides is 1. The van der Waals surface area contributed by atoms with Crippen molar-refractivity contribution in [1.29, 1.82) is 0 Å². The molecule has 10 heteroatoms. The van der Waals surface area contributed by atoms with Gasteiger partial charge in [0.05, 0.1) is 11.9 Å². The number of hydrogen-bond donors (Lipinski definition) is 1. The van der Waals surface area contributed by atoms with Crippen LogP contribution in [0.25, 0.3) is 0 Å². The first-order valence-corrected chi connectivity index (χ1v) is 16.4. The molecule has 44 heavy (non-hydrogen) atoms. The van der Waals surface area contributed by atoms with Crippen molar-refractivity contribution >= 4 is 39.1 Å². The molecule has 0 bridgehead atoms. The Hall–Kier alpha value is -4.34. The van der Waals surface area contributed by atoms with E-state index in [-0.39, 0.29) is 30.6 Å². The number of benzene rings is 4. The lowest BCUT2D eigenvalue weighted by Crippen LogP contribution is -2.54. The summed E-state index contributed by atoms with van der Waals surface area (Å²) in [7, 11) is -3.90. The number of nitrogens with one attached hydrogen (secondary N) is 1. The zero-order valence-corrected chi connectivity index (χ0v) is 26.5. The number of amides is 2. The molecule has 0 aliphatic heterocycles. The van der Waals surface area contributed by atoms with Gasteiger partial charge >= 0.3 is 0 Å². The van der Waals surface area contributed by atoms with Gasteiger partial charge in [0.1, 0.15) is 24.1 Å². The van der Waals surface area contributed by atoms with Crippen molar-refractivity contribution in [3.63, 3.8) is 0 Å². The van der Waals surface area contributed by atoms with Crippen LogP contribution in [0.2, 0.25) is 5.02 Å². The van der Waals surface area contributed by atoms with Crippen molar-refractivity contribution < 1.29 is 22.7 Å². The molecule has 1 atom stereocenters. The molecule has 230 valence electrons. The first-order chi connectivity index (χ1) is 21.0. The standard InChI is InChI=1S/C34H36ClN3O5S/c1-25(2)36-34(40)32(22-26-12-6-4-7-13-26)37(23-27-14-10-11-17-31(27)35)33(39)24-38(44(3,41)42)28-18-20-30(21-19-28)43-29-15-8-5-9-16-29/h4-21,25,32H,22-24H2,1-3H3,(H,36,40)/t32-/m1/s1. The predicted octanol–water partition coefficient (Wildman–Crippen LogP) is 6.06. The number of halogens is 1. The fourth-order valence-corrected chi connectivity index (χ4v) is 5.71. The Morgan fingerprint density at radius 1 is 0.818 bits per heavy atom. The third kappa shape index (κ3) is 9.08. The highest BCUT2D eigenvalue weighted by molar-refractivity contribution is 7.92. The predicted molar refractivity (Wildman–Crippen MR) is 174 cm³/mol. The van der Waals surface area contributed by atoms with Crippen LogP contribution in [-0.4, -0.2) is 50.0 Å². The Balaban J connectivity index is 1.68. The van der Waals surface area contributed by atoms with Gasteiger partial charge in [-0.3, -0.25) is 13.9 Å². The molecule has 0 aromatic heterocycles. The Morgan fingerprint density at radius 3 is 1.98 bits per heavy atom. The molecule has 0 heterocycles. The van der Waals surface area contributed by atoms with Gasteiger partial charge in [-0.15, -0.1) is 0 Å². The van der Waals surface area contributed by atoms with Crippen LogP contribution >= 0.6 is 11.6 Å². The lowest BCUT2D eigenvalue weighted by molar-refractivity contribution is -0.140. The average molecular weight is 634 g/mol. The summed E-state index contributed by atoms with van der Waals surface area (Å²) >= 11 is 6.49. The number of carbonyl (C=O) groups excluding carboxylic acids is 2. The van der Waals surface area contributed by atoms with E-state index in [2.05, 4.69) is 5.32 Å². The maximum absolute atomic E-state index is 14.2. The zero-order valence-electron chi connectivity index (χ0n) is 24.9. The lowest BCUT2D eigenvalue weighted by atomic mass is 10.0. The van der Waals surface area contributed by atoms with Gasteiger partial charge in [0.25, 0.3) is 0 Å². The van der Waals surface area contributed by atoms with Gasteiger partial charge in [0.2, 0.25) is 21.8 Å². The van der Waals surface area contributed by atoms with E-state index in [9.17, 15) is 18.0 Å². The Morgan fingerprint density at radius 2 is 1.39 bits per heavy atom. The molecule has 0 spiro atoms. The number of anilines is 1. The van der Waals surface area contributed by atoms with Crippen molar-refractivity contribution in [3.05, 3.63) is 125 Å². The topological polar surface area (TPSA) is 96.0 Å². The van der Waals surface area contributed by atoms with E-state index >= 15 is 0 Å². The molecule has 0 aliphatic rings.